The van der Waals surface area contributed by atoms with Gasteiger partial charge in [0.15, 0.2) is 0 Å². The van der Waals surface area contributed by atoms with Gasteiger partial charge in [0.25, 0.3) is 0 Å². The lowest BCUT2D eigenvalue weighted by molar-refractivity contribution is -0.141. The molecule has 0 radical (unpaired) electrons. The van der Waals surface area contributed by atoms with Gasteiger partial charge in [0.1, 0.15) is 0 Å². The van der Waals surface area contributed by atoms with Crippen LogP contribution in [0.4, 0.5) is 0 Å². The predicted molar refractivity (Wildman–Crippen MR) is 105 cm³/mol. The van der Waals surface area contributed by atoms with Crippen molar-refractivity contribution >= 4 is 15.9 Å². The van der Waals surface area contributed by atoms with Crippen molar-refractivity contribution in [3.8, 4) is 0 Å². The summed E-state index contributed by atoms with van der Waals surface area (Å²) in [5.41, 5.74) is 2.01. The lowest BCUT2D eigenvalue weighted by atomic mass is 9.68. The normalized spacial score (nSPS) is 29.9. The number of nitrogens with one attached hydrogen (secondary N) is 1. The molecule has 6 nitrogen and oxygen atoms in total. The Kier molecular flexibility index (Phi) is 4.81. The van der Waals surface area contributed by atoms with Gasteiger partial charge in [-0.05, 0) is 56.8 Å². The molecule has 1 aliphatic carbocycles. The van der Waals surface area contributed by atoms with Crippen LogP contribution in [0.3, 0.4) is 0 Å². The monoisotopic (exact) mass is 391 g/mol. The highest BCUT2D eigenvalue weighted by atomic mass is 32.2. The van der Waals surface area contributed by atoms with Crippen LogP contribution in [0, 0.1) is 5.41 Å². The van der Waals surface area contributed by atoms with Crippen molar-refractivity contribution in [2.24, 2.45) is 5.41 Å². The third-order valence-corrected chi connectivity index (χ3v) is 7.96. The van der Waals surface area contributed by atoms with E-state index in [1.54, 1.807) is 4.31 Å². The minimum Gasteiger partial charge on any atom is -0.352 e. The Morgan fingerprint density at radius 1 is 1.15 bits per heavy atom. The van der Waals surface area contributed by atoms with Crippen LogP contribution < -0.4 is 5.32 Å². The molecule has 2 saturated heterocycles. The number of fused-ring (bicyclic) bond motifs is 2. The second-order valence-electron chi connectivity index (χ2n) is 8.51. The summed E-state index contributed by atoms with van der Waals surface area (Å²) in [5.74, 6) is 0.0479. The molecule has 1 aromatic rings. The topological polar surface area (TPSA) is 69.7 Å². The Bertz CT molecular complexity index is 816. The number of hydrogen-bond acceptors (Lipinski definition) is 4. The highest BCUT2D eigenvalue weighted by Gasteiger charge is 2.54. The number of hydrogen-bond donors (Lipinski definition) is 1. The predicted octanol–water partition coefficient (Wildman–Crippen LogP) is 1.02. The zero-order valence-electron chi connectivity index (χ0n) is 16.1. The molecule has 1 N–H and O–H groups in total. The van der Waals surface area contributed by atoms with Crippen molar-refractivity contribution in [3.63, 3.8) is 0 Å². The third-order valence-electron chi connectivity index (χ3n) is 6.68. The minimum atomic E-state index is -3.34. The van der Waals surface area contributed by atoms with Gasteiger partial charge >= 0.3 is 0 Å². The first kappa shape index (κ1) is 18.9. The van der Waals surface area contributed by atoms with Crippen LogP contribution in [0.15, 0.2) is 24.3 Å². The fourth-order valence-corrected chi connectivity index (χ4v) is 6.44. The molecular weight excluding hydrogens is 362 g/mol. The Morgan fingerprint density at radius 3 is 2.44 bits per heavy atom. The number of likely N-dealkylation sites (N-methyl/N-ethyl adjacent to an activating group) is 1. The number of nitrogens with zero attached hydrogens (tertiary/aromatic N) is 2. The molecule has 0 bridgehead atoms. The maximum Gasteiger partial charge on any atom is 0.228 e. The van der Waals surface area contributed by atoms with E-state index in [1.165, 1.54) is 17.4 Å². The molecule has 1 amide bonds. The van der Waals surface area contributed by atoms with Gasteiger partial charge in [0.2, 0.25) is 15.9 Å². The lowest BCUT2D eigenvalue weighted by Crippen LogP contribution is -2.66. The van der Waals surface area contributed by atoms with E-state index >= 15 is 0 Å². The van der Waals surface area contributed by atoms with Crippen molar-refractivity contribution in [2.75, 3.05) is 32.9 Å². The third kappa shape index (κ3) is 3.41. The molecule has 0 spiro atoms. The Balaban J connectivity index is 1.57. The van der Waals surface area contributed by atoms with Gasteiger partial charge < -0.3 is 10.2 Å². The second-order valence-corrected chi connectivity index (χ2v) is 10.4. The first-order valence-electron chi connectivity index (χ1n) is 9.83. The van der Waals surface area contributed by atoms with Crippen LogP contribution in [-0.4, -0.2) is 68.6 Å². The van der Waals surface area contributed by atoms with Crippen LogP contribution in [0.25, 0.3) is 0 Å². The average Bonchev–Trinajstić information content (AvgIpc) is 3.02. The van der Waals surface area contributed by atoms with Crippen molar-refractivity contribution in [2.45, 2.75) is 44.2 Å². The van der Waals surface area contributed by atoms with Gasteiger partial charge in [0.05, 0.1) is 17.7 Å². The van der Waals surface area contributed by atoms with Gasteiger partial charge in [-0.3, -0.25) is 4.79 Å². The maximum absolute atomic E-state index is 13.5. The van der Waals surface area contributed by atoms with Gasteiger partial charge in [-0.1, -0.05) is 24.3 Å². The Morgan fingerprint density at radius 2 is 1.81 bits per heavy atom. The van der Waals surface area contributed by atoms with Gasteiger partial charge in [-0.2, -0.15) is 4.31 Å². The van der Waals surface area contributed by atoms with E-state index in [4.69, 9.17) is 0 Å². The summed E-state index contributed by atoms with van der Waals surface area (Å²) < 4.78 is 26.3. The molecule has 0 aromatic heterocycles. The summed E-state index contributed by atoms with van der Waals surface area (Å²) in [5, 5.41) is 3.29. The fraction of sp³-hybridized carbons (Fsp3) is 0.650. The van der Waals surface area contributed by atoms with Crippen molar-refractivity contribution in [1.29, 1.82) is 0 Å². The first-order chi connectivity index (χ1) is 12.8. The van der Waals surface area contributed by atoms with E-state index in [0.717, 1.165) is 32.2 Å². The quantitative estimate of drug-likeness (QED) is 0.835. The van der Waals surface area contributed by atoms with Crippen LogP contribution in [0.1, 0.15) is 30.4 Å². The second kappa shape index (κ2) is 6.87. The zero-order valence-corrected chi connectivity index (χ0v) is 17.0. The van der Waals surface area contributed by atoms with Crippen LogP contribution in [0.5, 0.6) is 0 Å². The highest BCUT2D eigenvalue weighted by molar-refractivity contribution is 7.88. The summed E-state index contributed by atoms with van der Waals surface area (Å²) in [6.07, 6.45) is 5.21. The molecular formula is C20H29N3O3S. The van der Waals surface area contributed by atoms with E-state index in [9.17, 15) is 13.2 Å². The molecule has 4 rings (SSSR count). The summed E-state index contributed by atoms with van der Waals surface area (Å²) in [4.78, 5) is 15.6. The number of rotatable bonds is 3. The molecule has 0 unspecified atom stereocenters. The van der Waals surface area contributed by atoms with Gasteiger partial charge in [-0.15, -0.1) is 0 Å². The molecule has 1 aromatic carbocycles. The standard InChI is InChI=1S/C20H29N3O3S/c1-22-11-9-20(8-5-10-23(18(20)14-22)27(2,25)26)19(24)21-17-12-15-6-3-4-7-16(15)13-17/h3-4,6-7,17-18H,5,8-14H2,1-2H3,(H,21,24)/t18-,20+/m0/s1. The smallest absolute Gasteiger partial charge is 0.228 e. The number of likely N-dealkylation sites (tertiary alicyclic amines) is 1. The lowest BCUT2D eigenvalue weighted by Gasteiger charge is -2.52. The molecule has 3 aliphatic rings. The van der Waals surface area contributed by atoms with Gasteiger partial charge in [-0.25, -0.2) is 8.42 Å². The number of sulfonamides is 1. The first-order valence-corrected chi connectivity index (χ1v) is 11.7. The largest absolute Gasteiger partial charge is 0.352 e. The molecule has 27 heavy (non-hydrogen) atoms. The number of piperidine rings is 2. The van der Waals surface area contributed by atoms with E-state index in [-0.39, 0.29) is 18.0 Å². The summed E-state index contributed by atoms with van der Waals surface area (Å²) in [6.45, 7) is 1.96. The molecule has 2 atom stereocenters. The maximum atomic E-state index is 13.5. The summed E-state index contributed by atoms with van der Waals surface area (Å²) in [7, 11) is -1.33. The number of carbonyl (C=O) groups is 1. The molecule has 2 heterocycles. The van der Waals surface area contributed by atoms with Crippen LogP contribution >= 0.6 is 0 Å². The molecule has 2 aliphatic heterocycles. The van der Waals surface area contributed by atoms with E-state index in [0.29, 0.717) is 19.5 Å². The zero-order chi connectivity index (χ0) is 19.2. The van der Waals surface area contributed by atoms with E-state index in [2.05, 4.69) is 22.3 Å². The van der Waals surface area contributed by atoms with E-state index < -0.39 is 15.4 Å². The Hall–Kier alpha value is -1.44. The van der Waals surface area contributed by atoms with Gasteiger partial charge in [0, 0.05) is 19.1 Å². The molecule has 2 fully saturated rings. The van der Waals surface area contributed by atoms with E-state index in [1.807, 2.05) is 19.2 Å². The van der Waals surface area contributed by atoms with Crippen molar-refractivity contribution in [3.05, 3.63) is 35.4 Å². The molecule has 0 saturated carbocycles. The SMILES string of the molecule is CN1CC[C@]2(C(=O)NC3Cc4ccccc4C3)CCCN(S(C)(=O)=O)[C@H]2C1. The highest BCUT2D eigenvalue weighted by Crippen LogP contribution is 2.43. The molecule has 148 valence electrons. The van der Waals surface area contributed by atoms with Crippen molar-refractivity contribution < 1.29 is 13.2 Å². The average molecular weight is 392 g/mol. The van der Waals surface area contributed by atoms with Crippen LogP contribution in [0.2, 0.25) is 0 Å². The Labute approximate surface area is 162 Å². The number of amides is 1. The molecule has 7 heteroatoms. The summed E-state index contributed by atoms with van der Waals surface area (Å²) >= 11 is 0. The minimum absolute atomic E-state index is 0.0479. The fourth-order valence-electron chi connectivity index (χ4n) is 5.25. The number of benzene rings is 1. The van der Waals surface area contributed by atoms with Crippen LogP contribution in [-0.2, 0) is 27.7 Å². The van der Waals surface area contributed by atoms with Crippen molar-refractivity contribution in [1.82, 2.24) is 14.5 Å². The number of carbonyl (C=O) groups excluding carboxylic acids is 1. The summed E-state index contributed by atoms with van der Waals surface area (Å²) in [6, 6.07) is 8.18.